The molecule has 2 N–H and O–H groups in total. The molecule has 4 atom stereocenters. The van der Waals surface area contributed by atoms with E-state index in [2.05, 4.69) is 0 Å². The lowest BCUT2D eigenvalue weighted by Crippen LogP contribution is -2.38. The van der Waals surface area contributed by atoms with Crippen LogP contribution < -0.4 is 4.90 Å². The van der Waals surface area contributed by atoms with Gasteiger partial charge in [0.1, 0.15) is 0 Å². The van der Waals surface area contributed by atoms with Gasteiger partial charge in [-0.05, 0) is 47.5 Å². The Kier molecular flexibility index (Phi) is 8.14. The predicted octanol–water partition coefficient (Wildman–Crippen LogP) is 6.26. The van der Waals surface area contributed by atoms with Crippen molar-refractivity contribution in [3.63, 3.8) is 0 Å². The molecule has 0 aromatic heterocycles. The van der Waals surface area contributed by atoms with Crippen LogP contribution >= 0.6 is 11.8 Å². The topological polar surface area (TPSA) is 113 Å². The lowest BCUT2D eigenvalue weighted by atomic mass is 9.91. The summed E-state index contributed by atoms with van der Waals surface area (Å²) in [5.74, 6) is -1.40. The van der Waals surface area contributed by atoms with Crippen LogP contribution in [0.2, 0.25) is 0 Å². The Morgan fingerprint density at radius 1 is 0.837 bits per heavy atom. The smallest absolute Gasteiger partial charge is 0.336 e. The first-order chi connectivity index (χ1) is 20.9. The average molecular weight is 596 g/mol. The van der Waals surface area contributed by atoms with Gasteiger partial charge in [-0.1, -0.05) is 67.6 Å². The number of carboxylic acids is 1. The van der Waals surface area contributed by atoms with Gasteiger partial charge in [0.15, 0.2) is 6.29 Å². The van der Waals surface area contributed by atoms with Gasteiger partial charge in [-0.2, -0.15) is 0 Å². The molecule has 6 rings (SSSR count). The number of amides is 2. The van der Waals surface area contributed by atoms with Crippen LogP contribution in [-0.2, 0) is 16.1 Å². The lowest BCUT2D eigenvalue weighted by molar-refractivity contribution is -0.268. The van der Waals surface area contributed by atoms with Crippen LogP contribution in [0.15, 0.2) is 102 Å². The maximum absolute atomic E-state index is 13.2. The molecule has 43 heavy (non-hydrogen) atoms. The summed E-state index contributed by atoms with van der Waals surface area (Å²) in [6.45, 7) is 1.96. The van der Waals surface area contributed by atoms with Gasteiger partial charge in [0.2, 0.25) is 0 Å². The van der Waals surface area contributed by atoms with E-state index in [0.29, 0.717) is 33.0 Å². The van der Waals surface area contributed by atoms with E-state index in [1.807, 2.05) is 43.3 Å². The quantitative estimate of drug-likeness (QED) is 0.181. The first-order valence-electron chi connectivity index (χ1n) is 13.9. The number of thioether (sulfide) groups is 1. The fourth-order valence-corrected chi connectivity index (χ4v) is 6.70. The Morgan fingerprint density at radius 3 is 2.19 bits per heavy atom. The largest absolute Gasteiger partial charge is 0.478 e. The molecule has 2 heterocycles. The standard InChI is InChI=1S/C34H29NO7S/c1-20-28(19-43-29-12-5-4-11-27(29)33(39)40)41-34(42-30(20)22-15-13-21(18-36)14-16-22)23-7-6-8-24(17-23)35-31(37)25-9-2-3-10-26(25)32(35)38/h2-17,20,28,30,34,36H,18-19H2,1H3,(H,39,40). The molecule has 9 heteroatoms. The molecule has 0 spiro atoms. The second-order valence-corrected chi connectivity index (χ2v) is 11.6. The monoisotopic (exact) mass is 595 g/mol. The van der Waals surface area contributed by atoms with E-state index in [1.165, 1.54) is 16.7 Å². The highest BCUT2D eigenvalue weighted by atomic mass is 32.2. The van der Waals surface area contributed by atoms with Crippen LogP contribution in [-0.4, -0.2) is 39.9 Å². The molecule has 0 saturated carbocycles. The molecule has 4 aromatic carbocycles. The van der Waals surface area contributed by atoms with Crippen molar-refractivity contribution in [2.45, 2.75) is 36.9 Å². The van der Waals surface area contributed by atoms with Crippen molar-refractivity contribution in [2.24, 2.45) is 5.92 Å². The Morgan fingerprint density at radius 2 is 1.51 bits per heavy atom. The Balaban J connectivity index is 1.31. The fraction of sp³-hybridized carbons (Fsp3) is 0.206. The molecule has 1 saturated heterocycles. The summed E-state index contributed by atoms with van der Waals surface area (Å²) in [7, 11) is 0. The molecule has 0 bridgehead atoms. The van der Waals surface area contributed by atoms with Gasteiger partial charge >= 0.3 is 5.97 Å². The highest BCUT2D eigenvalue weighted by Gasteiger charge is 2.40. The summed E-state index contributed by atoms with van der Waals surface area (Å²) in [4.78, 5) is 39.9. The summed E-state index contributed by atoms with van der Waals surface area (Å²) in [6, 6.07) is 28.2. The van der Waals surface area contributed by atoms with E-state index in [-0.39, 0.29) is 42.1 Å². The highest BCUT2D eigenvalue weighted by Crippen LogP contribution is 2.44. The van der Waals surface area contributed by atoms with Crippen molar-refractivity contribution in [1.29, 1.82) is 0 Å². The molecule has 1 fully saturated rings. The fourth-order valence-electron chi connectivity index (χ4n) is 5.49. The van der Waals surface area contributed by atoms with Crippen LogP contribution in [0.5, 0.6) is 0 Å². The first-order valence-corrected chi connectivity index (χ1v) is 14.9. The zero-order chi connectivity index (χ0) is 30.1. The molecule has 218 valence electrons. The number of ether oxygens (including phenoxy) is 2. The molecule has 4 aromatic rings. The number of benzene rings is 4. The number of nitrogens with zero attached hydrogens (tertiary/aromatic N) is 1. The van der Waals surface area contributed by atoms with Gasteiger partial charge in [0.05, 0.1) is 41.2 Å². The third-order valence-electron chi connectivity index (χ3n) is 7.84. The van der Waals surface area contributed by atoms with Crippen LogP contribution in [0.1, 0.15) is 67.1 Å². The number of carbonyl (C=O) groups is 3. The highest BCUT2D eigenvalue weighted by molar-refractivity contribution is 7.99. The third-order valence-corrected chi connectivity index (χ3v) is 9.00. The van der Waals surface area contributed by atoms with E-state index < -0.39 is 12.3 Å². The Hall–Kier alpha value is -4.28. The number of rotatable bonds is 8. The van der Waals surface area contributed by atoms with Crippen LogP contribution in [0.3, 0.4) is 0 Å². The molecule has 0 aliphatic carbocycles. The SMILES string of the molecule is CC1C(CSc2ccccc2C(=O)O)OC(c2cccc(N3C(=O)c4ccccc4C3=O)c2)OC1c1ccc(CO)cc1. The predicted molar refractivity (Wildman–Crippen MR) is 161 cm³/mol. The summed E-state index contributed by atoms with van der Waals surface area (Å²) in [5, 5.41) is 19.2. The summed E-state index contributed by atoms with van der Waals surface area (Å²) < 4.78 is 13.1. The van der Waals surface area contributed by atoms with Crippen molar-refractivity contribution >= 4 is 35.2 Å². The number of hydrogen-bond acceptors (Lipinski definition) is 7. The van der Waals surface area contributed by atoms with Crippen molar-refractivity contribution in [3.05, 3.63) is 130 Å². The van der Waals surface area contributed by atoms with E-state index in [9.17, 15) is 24.6 Å². The number of fused-ring (bicyclic) bond motifs is 1. The lowest BCUT2D eigenvalue weighted by Gasteiger charge is -2.41. The second kappa shape index (κ2) is 12.1. The number of aromatic carboxylic acids is 1. The number of aliphatic hydroxyl groups excluding tert-OH is 1. The van der Waals surface area contributed by atoms with Crippen LogP contribution in [0.25, 0.3) is 0 Å². The molecule has 2 amide bonds. The summed E-state index contributed by atoms with van der Waals surface area (Å²) >= 11 is 1.41. The van der Waals surface area contributed by atoms with Crippen molar-refractivity contribution in [1.82, 2.24) is 0 Å². The minimum atomic E-state index is -0.992. The molecular formula is C34H29NO7S. The molecule has 0 radical (unpaired) electrons. The number of anilines is 1. The Labute approximate surface area is 252 Å². The molecule has 2 aliphatic heterocycles. The molecule has 2 aliphatic rings. The summed E-state index contributed by atoms with van der Waals surface area (Å²) in [5.41, 5.74) is 3.71. The van der Waals surface area contributed by atoms with Crippen LogP contribution in [0.4, 0.5) is 5.69 Å². The van der Waals surface area contributed by atoms with Gasteiger partial charge in [0.25, 0.3) is 11.8 Å². The zero-order valence-electron chi connectivity index (χ0n) is 23.3. The first kappa shape index (κ1) is 28.8. The minimum Gasteiger partial charge on any atom is -0.478 e. The third kappa shape index (κ3) is 5.60. The molecule has 4 unspecified atom stereocenters. The van der Waals surface area contributed by atoms with Crippen molar-refractivity contribution in [3.8, 4) is 0 Å². The molecular weight excluding hydrogens is 566 g/mol. The number of carbonyl (C=O) groups excluding carboxylic acids is 2. The number of imide groups is 1. The van der Waals surface area contributed by atoms with E-state index in [0.717, 1.165) is 11.1 Å². The number of aliphatic hydroxyl groups is 1. The van der Waals surface area contributed by atoms with Gasteiger partial charge in [0, 0.05) is 22.1 Å². The van der Waals surface area contributed by atoms with E-state index in [4.69, 9.17) is 9.47 Å². The van der Waals surface area contributed by atoms with Gasteiger partial charge < -0.3 is 19.7 Å². The number of hydrogen-bond donors (Lipinski definition) is 2. The van der Waals surface area contributed by atoms with Crippen molar-refractivity contribution < 1.29 is 34.1 Å². The van der Waals surface area contributed by atoms with E-state index in [1.54, 1.807) is 60.7 Å². The normalized spacial score (nSPS) is 21.6. The number of carboxylic acid groups (broad SMARTS) is 1. The maximum atomic E-state index is 13.2. The minimum absolute atomic E-state index is 0.0695. The Bertz CT molecular complexity index is 1650. The summed E-state index contributed by atoms with van der Waals surface area (Å²) in [6.07, 6.45) is -1.54. The second-order valence-electron chi connectivity index (χ2n) is 10.5. The van der Waals surface area contributed by atoms with E-state index >= 15 is 0 Å². The maximum Gasteiger partial charge on any atom is 0.336 e. The van der Waals surface area contributed by atoms with Gasteiger partial charge in [-0.3, -0.25) is 9.59 Å². The zero-order valence-corrected chi connectivity index (χ0v) is 24.1. The van der Waals surface area contributed by atoms with Gasteiger partial charge in [-0.15, -0.1) is 11.8 Å². The average Bonchev–Trinajstić information content (AvgIpc) is 3.30. The molecule has 8 nitrogen and oxygen atoms in total. The van der Waals surface area contributed by atoms with Gasteiger partial charge in [-0.25, -0.2) is 9.69 Å². The van der Waals surface area contributed by atoms with Crippen LogP contribution in [0, 0.1) is 5.92 Å². The van der Waals surface area contributed by atoms with Crippen molar-refractivity contribution in [2.75, 3.05) is 10.7 Å².